The SMILES string of the molecule is C=C(Cl)CNS(=O)(=O)Cc1ccc(C(=O)OC)cc1. The van der Waals surface area contributed by atoms with E-state index in [1.807, 2.05) is 0 Å². The second kappa shape index (κ2) is 6.70. The summed E-state index contributed by atoms with van der Waals surface area (Å²) in [6.45, 7) is 3.38. The highest BCUT2D eigenvalue weighted by atomic mass is 35.5. The van der Waals surface area contributed by atoms with E-state index < -0.39 is 16.0 Å². The number of carbonyl (C=O) groups is 1. The van der Waals surface area contributed by atoms with Crippen LogP contribution in [0.5, 0.6) is 0 Å². The molecule has 0 atom stereocenters. The molecule has 0 unspecified atom stereocenters. The maximum atomic E-state index is 11.7. The molecule has 0 bridgehead atoms. The molecular weight excluding hydrogens is 290 g/mol. The minimum Gasteiger partial charge on any atom is -0.465 e. The van der Waals surface area contributed by atoms with Crippen molar-refractivity contribution in [1.29, 1.82) is 0 Å². The molecule has 1 aromatic carbocycles. The summed E-state index contributed by atoms with van der Waals surface area (Å²) in [6, 6.07) is 6.14. The molecule has 1 aromatic rings. The summed E-state index contributed by atoms with van der Waals surface area (Å²) in [7, 11) is -2.20. The predicted octanol–water partition coefficient (Wildman–Crippen LogP) is 1.65. The van der Waals surface area contributed by atoms with E-state index in [1.165, 1.54) is 19.2 Å². The molecule has 0 spiro atoms. The standard InChI is InChI=1S/C12H14ClNO4S/c1-9(13)7-14-19(16,17)8-10-3-5-11(6-4-10)12(15)18-2/h3-6,14H,1,7-8H2,2H3. The van der Waals surface area contributed by atoms with E-state index in [9.17, 15) is 13.2 Å². The molecule has 1 rings (SSSR count). The minimum absolute atomic E-state index is 0.00979. The third-order valence-electron chi connectivity index (χ3n) is 2.22. The summed E-state index contributed by atoms with van der Waals surface area (Å²) >= 11 is 5.49. The van der Waals surface area contributed by atoms with Crippen molar-refractivity contribution in [3.63, 3.8) is 0 Å². The van der Waals surface area contributed by atoms with E-state index in [0.717, 1.165) is 0 Å². The van der Waals surface area contributed by atoms with Crippen molar-refractivity contribution in [2.24, 2.45) is 0 Å². The fourth-order valence-corrected chi connectivity index (χ4v) is 2.59. The molecule has 0 saturated heterocycles. The van der Waals surface area contributed by atoms with Gasteiger partial charge in [0.25, 0.3) is 0 Å². The first-order chi connectivity index (χ1) is 8.84. The average Bonchev–Trinajstić information content (AvgIpc) is 2.36. The molecule has 5 nitrogen and oxygen atoms in total. The number of rotatable bonds is 6. The zero-order chi connectivity index (χ0) is 14.5. The largest absolute Gasteiger partial charge is 0.465 e. The van der Waals surface area contributed by atoms with Crippen molar-refractivity contribution in [3.05, 3.63) is 47.0 Å². The Morgan fingerprint density at radius 2 is 1.95 bits per heavy atom. The van der Waals surface area contributed by atoms with Crippen LogP contribution in [-0.4, -0.2) is 28.0 Å². The lowest BCUT2D eigenvalue weighted by Crippen LogP contribution is -2.26. The van der Waals surface area contributed by atoms with Gasteiger partial charge in [0.05, 0.1) is 18.4 Å². The van der Waals surface area contributed by atoms with Gasteiger partial charge in [0.2, 0.25) is 10.0 Å². The van der Waals surface area contributed by atoms with Crippen LogP contribution in [0.2, 0.25) is 0 Å². The molecule has 0 aliphatic heterocycles. The zero-order valence-electron chi connectivity index (χ0n) is 10.3. The lowest BCUT2D eigenvalue weighted by Gasteiger charge is -2.06. The van der Waals surface area contributed by atoms with Gasteiger partial charge < -0.3 is 4.74 Å². The quantitative estimate of drug-likeness (QED) is 0.811. The second-order valence-electron chi connectivity index (χ2n) is 3.79. The van der Waals surface area contributed by atoms with Gasteiger partial charge in [-0.2, -0.15) is 0 Å². The molecular formula is C12H14ClNO4S. The van der Waals surface area contributed by atoms with E-state index in [4.69, 9.17) is 11.6 Å². The van der Waals surface area contributed by atoms with Gasteiger partial charge in [0.1, 0.15) is 0 Å². The number of esters is 1. The fraction of sp³-hybridized carbons (Fsp3) is 0.250. The van der Waals surface area contributed by atoms with Gasteiger partial charge in [-0.1, -0.05) is 30.3 Å². The number of ether oxygens (including phenoxy) is 1. The summed E-state index contributed by atoms with van der Waals surface area (Å²) in [6.07, 6.45) is 0. The Hall–Kier alpha value is -1.37. The Morgan fingerprint density at radius 1 is 1.37 bits per heavy atom. The number of hydrogen-bond acceptors (Lipinski definition) is 4. The van der Waals surface area contributed by atoms with Crippen molar-refractivity contribution < 1.29 is 17.9 Å². The summed E-state index contributed by atoms with van der Waals surface area (Å²) in [5, 5.41) is 0.213. The van der Waals surface area contributed by atoms with E-state index in [1.54, 1.807) is 12.1 Å². The maximum absolute atomic E-state index is 11.7. The van der Waals surface area contributed by atoms with E-state index >= 15 is 0 Å². The van der Waals surface area contributed by atoms with Crippen molar-refractivity contribution in [2.45, 2.75) is 5.75 Å². The fourth-order valence-electron chi connectivity index (χ4n) is 1.31. The number of halogens is 1. The first-order valence-corrected chi connectivity index (χ1v) is 7.35. The zero-order valence-corrected chi connectivity index (χ0v) is 11.9. The van der Waals surface area contributed by atoms with Crippen molar-refractivity contribution in [3.8, 4) is 0 Å². The molecule has 7 heteroatoms. The Balaban J connectivity index is 2.72. The van der Waals surface area contributed by atoms with E-state index in [2.05, 4.69) is 16.0 Å². The number of carbonyl (C=O) groups excluding carboxylic acids is 1. The Morgan fingerprint density at radius 3 is 2.42 bits per heavy atom. The first kappa shape index (κ1) is 15.7. The van der Waals surface area contributed by atoms with E-state index in [0.29, 0.717) is 11.1 Å². The Labute approximate surface area is 117 Å². The highest BCUT2D eigenvalue weighted by Gasteiger charge is 2.12. The molecule has 0 aromatic heterocycles. The number of benzene rings is 1. The van der Waals surface area contributed by atoms with E-state index in [-0.39, 0.29) is 17.3 Å². The van der Waals surface area contributed by atoms with Crippen molar-refractivity contribution >= 4 is 27.6 Å². The second-order valence-corrected chi connectivity index (χ2v) is 6.13. The molecule has 19 heavy (non-hydrogen) atoms. The van der Waals surface area contributed by atoms with Crippen LogP contribution in [0.3, 0.4) is 0 Å². The number of sulfonamides is 1. The molecule has 0 saturated carbocycles. The lowest BCUT2D eigenvalue weighted by molar-refractivity contribution is 0.0600. The predicted molar refractivity (Wildman–Crippen MR) is 73.4 cm³/mol. The molecule has 0 amide bonds. The molecule has 0 aliphatic rings. The summed E-state index contributed by atoms with van der Waals surface area (Å²) in [5.74, 6) is -0.663. The topological polar surface area (TPSA) is 72.5 Å². The maximum Gasteiger partial charge on any atom is 0.337 e. The number of methoxy groups -OCH3 is 1. The van der Waals surface area contributed by atoms with Crippen molar-refractivity contribution in [2.75, 3.05) is 13.7 Å². The van der Waals surface area contributed by atoms with Crippen LogP contribution in [0.15, 0.2) is 35.9 Å². The van der Waals surface area contributed by atoms with Gasteiger partial charge in [0, 0.05) is 11.6 Å². The summed E-state index contributed by atoms with van der Waals surface area (Å²) in [5.41, 5.74) is 0.922. The Bertz CT molecular complexity index is 566. The number of nitrogens with one attached hydrogen (secondary N) is 1. The monoisotopic (exact) mass is 303 g/mol. The molecule has 1 N–H and O–H groups in total. The highest BCUT2D eigenvalue weighted by molar-refractivity contribution is 7.88. The highest BCUT2D eigenvalue weighted by Crippen LogP contribution is 2.09. The molecule has 0 heterocycles. The van der Waals surface area contributed by atoms with Crippen LogP contribution < -0.4 is 4.72 Å². The summed E-state index contributed by atoms with van der Waals surface area (Å²) in [4.78, 5) is 11.2. The normalized spacial score (nSPS) is 11.1. The van der Waals surface area contributed by atoms with Gasteiger partial charge >= 0.3 is 5.97 Å². The van der Waals surface area contributed by atoms with Crippen LogP contribution >= 0.6 is 11.6 Å². The molecule has 0 aliphatic carbocycles. The lowest BCUT2D eigenvalue weighted by atomic mass is 10.1. The molecule has 0 radical (unpaired) electrons. The van der Waals surface area contributed by atoms with Crippen LogP contribution in [0.1, 0.15) is 15.9 Å². The molecule has 104 valence electrons. The first-order valence-electron chi connectivity index (χ1n) is 5.32. The smallest absolute Gasteiger partial charge is 0.337 e. The van der Waals surface area contributed by atoms with Crippen LogP contribution in [0.25, 0.3) is 0 Å². The van der Waals surface area contributed by atoms with Crippen molar-refractivity contribution in [1.82, 2.24) is 4.72 Å². The Kier molecular flexibility index (Phi) is 5.53. The average molecular weight is 304 g/mol. The minimum atomic E-state index is -3.48. The van der Waals surface area contributed by atoms with Gasteiger partial charge in [-0.05, 0) is 17.7 Å². The van der Waals surface area contributed by atoms with Gasteiger partial charge in [-0.25, -0.2) is 17.9 Å². The number of hydrogen-bond donors (Lipinski definition) is 1. The summed E-state index contributed by atoms with van der Waals surface area (Å²) < 4.78 is 30.2. The van der Waals surface area contributed by atoms with Crippen LogP contribution in [-0.2, 0) is 20.5 Å². The van der Waals surface area contributed by atoms with Gasteiger partial charge in [0.15, 0.2) is 0 Å². The van der Waals surface area contributed by atoms with Gasteiger partial charge in [-0.3, -0.25) is 0 Å². The third-order valence-corrected chi connectivity index (χ3v) is 3.65. The van der Waals surface area contributed by atoms with Crippen LogP contribution in [0, 0.1) is 0 Å². The van der Waals surface area contributed by atoms with Gasteiger partial charge in [-0.15, -0.1) is 0 Å². The molecule has 0 fully saturated rings. The third kappa shape index (κ3) is 5.42. The van der Waals surface area contributed by atoms with Crippen LogP contribution in [0.4, 0.5) is 0 Å².